The molecular formula is C21H32O6. The summed E-state index contributed by atoms with van der Waals surface area (Å²) in [6, 6.07) is 0. The lowest BCUT2D eigenvalue weighted by molar-refractivity contribution is -0.149. The number of hydrogen-bond donors (Lipinski definition) is 3. The van der Waals surface area contributed by atoms with Gasteiger partial charge in [-0.15, -0.1) is 0 Å². The molecule has 1 fully saturated rings. The van der Waals surface area contributed by atoms with Crippen LogP contribution in [0, 0.1) is 17.8 Å². The number of Topliss-reactive ketones (excluding diaryl/α,β-unsaturated/α-hetero) is 1. The minimum Gasteiger partial charge on any atom is -0.481 e. The fourth-order valence-corrected chi connectivity index (χ4v) is 3.91. The Morgan fingerprint density at radius 2 is 1.81 bits per heavy atom. The van der Waals surface area contributed by atoms with Crippen molar-refractivity contribution in [3.8, 4) is 0 Å². The third-order valence-electron chi connectivity index (χ3n) is 5.28. The van der Waals surface area contributed by atoms with E-state index in [1.165, 1.54) is 0 Å². The van der Waals surface area contributed by atoms with Crippen LogP contribution in [0.2, 0.25) is 0 Å². The first-order valence-corrected chi connectivity index (χ1v) is 9.80. The van der Waals surface area contributed by atoms with E-state index in [0.717, 1.165) is 25.3 Å². The van der Waals surface area contributed by atoms with Gasteiger partial charge in [-0.2, -0.15) is 0 Å². The van der Waals surface area contributed by atoms with Crippen molar-refractivity contribution in [2.24, 2.45) is 17.8 Å². The first kappa shape index (κ1) is 23.1. The van der Waals surface area contributed by atoms with Crippen LogP contribution in [0.5, 0.6) is 0 Å². The average molecular weight is 380 g/mol. The molecule has 0 aromatic heterocycles. The summed E-state index contributed by atoms with van der Waals surface area (Å²) in [5.74, 6) is -3.09. The Labute approximate surface area is 161 Å². The van der Waals surface area contributed by atoms with Crippen LogP contribution in [-0.4, -0.2) is 39.1 Å². The maximum atomic E-state index is 11.9. The lowest BCUT2D eigenvalue weighted by atomic mass is 9.78. The van der Waals surface area contributed by atoms with Gasteiger partial charge in [0.15, 0.2) is 0 Å². The third-order valence-corrected chi connectivity index (χ3v) is 5.28. The summed E-state index contributed by atoms with van der Waals surface area (Å²) in [7, 11) is 0. The first-order chi connectivity index (χ1) is 12.9. The van der Waals surface area contributed by atoms with Gasteiger partial charge in [-0.25, -0.2) is 4.79 Å². The Hall–Kier alpha value is -1.95. The summed E-state index contributed by atoms with van der Waals surface area (Å²) in [6.45, 7) is 1.90. The molecule has 0 spiro atoms. The van der Waals surface area contributed by atoms with Gasteiger partial charge in [-0.05, 0) is 44.4 Å². The number of aliphatic carboxylic acids is 2. The highest BCUT2D eigenvalue weighted by molar-refractivity contribution is 5.83. The Balaban J connectivity index is 2.46. The summed E-state index contributed by atoms with van der Waals surface area (Å²) in [6.07, 6.45) is 11.4. The second kappa shape index (κ2) is 12.4. The van der Waals surface area contributed by atoms with Crippen molar-refractivity contribution < 1.29 is 29.7 Å². The molecule has 1 rings (SSSR count). The minimum absolute atomic E-state index is 0.00882. The summed E-state index contributed by atoms with van der Waals surface area (Å²) in [5, 5.41) is 28.6. The van der Waals surface area contributed by atoms with Crippen molar-refractivity contribution in [1.29, 1.82) is 0 Å². The molecule has 152 valence electrons. The molecule has 6 heteroatoms. The Morgan fingerprint density at radius 1 is 1.11 bits per heavy atom. The number of allylic oxidation sites excluding steroid dienone is 3. The number of rotatable bonds is 13. The molecule has 1 aliphatic carbocycles. The van der Waals surface area contributed by atoms with Gasteiger partial charge in [-0.1, -0.05) is 37.5 Å². The number of ketones is 1. The lowest BCUT2D eigenvalue weighted by Gasteiger charge is -2.28. The van der Waals surface area contributed by atoms with Crippen molar-refractivity contribution in [1.82, 2.24) is 0 Å². The van der Waals surface area contributed by atoms with Gasteiger partial charge < -0.3 is 15.3 Å². The van der Waals surface area contributed by atoms with Crippen LogP contribution in [0.4, 0.5) is 0 Å². The average Bonchev–Trinajstić information content (AvgIpc) is 2.95. The predicted molar refractivity (Wildman–Crippen MR) is 102 cm³/mol. The molecule has 1 aliphatic rings. The van der Waals surface area contributed by atoms with Crippen LogP contribution in [0.15, 0.2) is 24.3 Å². The van der Waals surface area contributed by atoms with Crippen LogP contribution in [-0.2, 0) is 14.4 Å². The predicted octanol–water partition coefficient (Wildman–Crippen LogP) is 3.59. The molecule has 27 heavy (non-hydrogen) atoms. The standard InChI is InChI=1S/C21H32O6/c1-2-3-10-15-13-16(22)14-17(15)20(21(26)27)18(23)11-8-6-4-5-7-9-12-19(24)25/h2-3,9,12,15,17-18,20,23H,4-8,10-11,13-14H2,1H3,(H,24,25)(H,26,27)/b3-2-,12-9?. The molecule has 0 aliphatic heterocycles. The third kappa shape index (κ3) is 8.52. The van der Waals surface area contributed by atoms with Crippen molar-refractivity contribution in [3.05, 3.63) is 24.3 Å². The number of carbonyl (C=O) groups excluding carboxylic acids is 1. The zero-order valence-electron chi connectivity index (χ0n) is 16.0. The molecule has 0 bridgehead atoms. The summed E-state index contributed by atoms with van der Waals surface area (Å²) >= 11 is 0. The van der Waals surface area contributed by atoms with E-state index < -0.39 is 24.0 Å². The number of aliphatic hydroxyl groups excluding tert-OH is 1. The Morgan fingerprint density at radius 3 is 2.44 bits per heavy atom. The van der Waals surface area contributed by atoms with Gasteiger partial charge in [0.2, 0.25) is 0 Å². The highest BCUT2D eigenvalue weighted by atomic mass is 16.4. The summed E-state index contributed by atoms with van der Waals surface area (Å²) < 4.78 is 0. The first-order valence-electron chi connectivity index (χ1n) is 9.80. The van der Waals surface area contributed by atoms with Gasteiger partial charge in [-0.3, -0.25) is 9.59 Å². The van der Waals surface area contributed by atoms with Crippen LogP contribution < -0.4 is 0 Å². The zero-order valence-corrected chi connectivity index (χ0v) is 16.0. The van der Waals surface area contributed by atoms with E-state index in [1.54, 1.807) is 6.08 Å². The fraction of sp³-hybridized carbons (Fsp3) is 0.667. The Bertz CT molecular complexity index is 551. The normalized spacial score (nSPS) is 22.5. The molecule has 0 radical (unpaired) electrons. The number of hydrogen-bond acceptors (Lipinski definition) is 4. The quantitative estimate of drug-likeness (QED) is 0.256. The van der Waals surface area contributed by atoms with E-state index in [1.807, 2.05) is 19.1 Å². The zero-order chi connectivity index (χ0) is 20.2. The van der Waals surface area contributed by atoms with Crippen LogP contribution in [0.25, 0.3) is 0 Å². The van der Waals surface area contributed by atoms with Crippen molar-refractivity contribution in [2.75, 3.05) is 0 Å². The molecule has 0 aromatic rings. The second-order valence-corrected chi connectivity index (χ2v) is 7.34. The topological polar surface area (TPSA) is 112 Å². The van der Waals surface area contributed by atoms with Gasteiger partial charge >= 0.3 is 11.9 Å². The van der Waals surface area contributed by atoms with Crippen molar-refractivity contribution in [2.45, 2.75) is 70.8 Å². The van der Waals surface area contributed by atoms with Crippen molar-refractivity contribution in [3.63, 3.8) is 0 Å². The maximum absolute atomic E-state index is 11.9. The maximum Gasteiger partial charge on any atom is 0.327 e. The van der Waals surface area contributed by atoms with Gasteiger partial charge in [0.1, 0.15) is 5.78 Å². The molecule has 3 N–H and O–H groups in total. The minimum atomic E-state index is -1.02. The molecule has 6 nitrogen and oxygen atoms in total. The highest BCUT2D eigenvalue weighted by Gasteiger charge is 2.43. The fourth-order valence-electron chi connectivity index (χ4n) is 3.91. The highest BCUT2D eigenvalue weighted by Crippen LogP contribution is 2.39. The van der Waals surface area contributed by atoms with Gasteiger partial charge in [0, 0.05) is 18.9 Å². The van der Waals surface area contributed by atoms with Crippen LogP contribution in [0.3, 0.4) is 0 Å². The molecule has 0 heterocycles. The van der Waals surface area contributed by atoms with Crippen LogP contribution in [0.1, 0.15) is 64.7 Å². The molecule has 0 amide bonds. The lowest BCUT2D eigenvalue weighted by Crippen LogP contribution is -2.36. The van der Waals surface area contributed by atoms with E-state index in [9.17, 15) is 24.6 Å². The van der Waals surface area contributed by atoms with Crippen molar-refractivity contribution >= 4 is 17.7 Å². The summed E-state index contributed by atoms with van der Waals surface area (Å²) in [4.78, 5) is 34.0. The van der Waals surface area contributed by atoms with E-state index >= 15 is 0 Å². The Kier molecular flexibility index (Phi) is 10.6. The molecule has 0 saturated heterocycles. The van der Waals surface area contributed by atoms with Gasteiger partial charge in [0.25, 0.3) is 0 Å². The van der Waals surface area contributed by atoms with E-state index in [4.69, 9.17) is 5.11 Å². The largest absolute Gasteiger partial charge is 0.481 e. The van der Waals surface area contributed by atoms with E-state index in [-0.39, 0.29) is 24.0 Å². The number of carbonyl (C=O) groups is 3. The monoisotopic (exact) mass is 380 g/mol. The van der Waals surface area contributed by atoms with E-state index in [0.29, 0.717) is 32.1 Å². The summed E-state index contributed by atoms with van der Waals surface area (Å²) in [5.41, 5.74) is 0. The number of unbranched alkanes of at least 4 members (excludes halogenated alkanes) is 4. The molecule has 4 unspecified atom stereocenters. The molecule has 1 saturated carbocycles. The number of carboxylic acids is 2. The second-order valence-electron chi connectivity index (χ2n) is 7.34. The molecule has 0 aromatic carbocycles. The molecule has 4 atom stereocenters. The SMILES string of the molecule is C/C=C\CC1CC(=O)CC1C(C(=O)O)C(O)CCCCCCC=CC(=O)O. The van der Waals surface area contributed by atoms with E-state index in [2.05, 4.69) is 0 Å². The smallest absolute Gasteiger partial charge is 0.327 e. The van der Waals surface area contributed by atoms with Crippen LogP contribution >= 0.6 is 0 Å². The number of carboxylic acid groups (broad SMARTS) is 2. The van der Waals surface area contributed by atoms with Gasteiger partial charge in [0.05, 0.1) is 12.0 Å². The number of aliphatic hydroxyl groups is 1. The molecular weight excluding hydrogens is 348 g/mol.